The number of carbonyl (C=O) groups excluding carboxylic acids is 2. The van der Waals surface area contributed by atoms with Gasteiger partial charge in [0.15, 0.2) is 0 Å². The van der Waals surface area contributed by atoms with Crippen molar-refractivity contribution in [2.24, 2.45) is 0 Å². The first-order chi connectivity index (χ1) is 13.6. The van der Waals surface area contributed by atoms with Crippen LogP contribution in [0.1, 0.15) is 28.4 Å². The molecule has 1 N–H and O–H groups in total. The molecule has 142 valence electrons. The van der Waals surface area contributed by atoms with Crippen LogP contribution >= 0.6 is 0 Å². The van der Waals surface area contributed by atoms with Crippen LogP contribution in [0, 0.1) is 6.92 Å². The van der Waals surface area contributed by atoms with Crippen molar-refractivity contribution in [1.82, 2.24) is 0 Å². The van der Waals surface area contributed by atoms with Crippen LogP contribution in [0.15, 0.2) is 72.8 Å². The van der Waals surface area contributed by atoms with Gasteiger partial charge in [0.25, 0.3) is 0 Å². The average molecular weight is 373 g/mol. The van der Waals surface area contributed by atoms with Gasteiger partial charge in [-0.1, -0.05) is 54.6 Å². The fourth-order valence-corrected chi connectivity index (χ4v) is 2.97. The summed E-state index contributed by atoms with van der Waals surface area (Å²) in [6, 6.07) is 23.2. The van der Waals surface area contributed by atoms with Gasteiger partial charge >= 0.3 is 5.97 Å². The first-order valence-corrected chi connectivity index (χ1v) is 9.29. The quantitative estimate of drug-likeness (QED) is 0.617. The van der Waals surface area contributed by atoms with Crippen LogP contribution in [0.3, 0.4) is 0 Å². The highest BCUT2D eigenvalue weighted by atomic mass is 16.5. The van der Waals surface area contributed by atoms with E-state index < -0.39 is 0 Å². The summed E-state index contributed by atoms with van der Waals surface area (Å²) >= 11 is 0. The van der Waals surface area contributed by atoms with Crippen molar-refractivity contribution in [3.8, 4) is 11.1 Å². The normalized spacial score (nSPS) is 10.4. The zero-order valence-corrected chi connectivity index (χ0v) is 16.1. The summed E-state index contributed by atoms with van der Waals surface area (Å²) in [4.78, 5) is 24.2. The molecule has 1 amide bonds. The molecule has 0 aliphatic rings. The zero-order chi connectivity index (χ0) is 19.9. The van der Waals surface area contributed by atoms with E-state index in [0.717, 1.165) is 22.3 Å². The van der Waals surface area contributed by atoms with E-state index in [9.17, 15) is 9.59 Å². The van der Waals surface area contributed by atoms with Crippen molar-refractivity contribution >= 4 is 17.6 Å². The fourth-order valence-electron chi connectivity index (χ4n) is 2.97. The van der Waals surface area contributed by atoms with Crippen LogP contribution in [0.2, 0.25) is 0 Å². The Hall–Kier alpha value is -3.40. The topological polar surface area (TPSA) is 55.4 Å². The third-order valence-electron chi connectivity index (χ3n) is 4.44. The fraction of sp³-hybridized carbons (Fsp3) is 0.167. The van der Waals surface area contributed by atoms with E-state index in [4.69, 9.17) is 4.74 Å². The number of carbonyl (C=O) groups is 2. The van der Waals surface area contributed by atoms with Crippen molar-refractivity contribution in [3.05, 3.63) is 89.5 Å². The second-order valence-electron chi connectivity index (χ2n) is 6.54. The molecule has 3 aromatic carbocycles. The summed E-state index contributed by atoms with van der Waals surface area (Å²) < 4.78 is 5.00. The highest BCUT2D eigenvalue weighted by molar-refractivity contribution is 5.95. The van der Waals surface area contributed by atoms with Crippen molar-refractivity contribution in [1.29, 1.82) is 0 Å². The summed E-state index contributed by atoms with van der Waals surface area (Å²) in [6.07, 6.45) is 0.286. The number of nitrogens with one attached hydrogen (secondary N) is 1. The van der Waals surface area contributed by atoms with E-state index in [1.54, 1.807) is 25.1 Å². The first kappa shape index (κ1) is 19.4. The van der Waals surface area contributed by atoms with Crippen molar-refractivity contribution in [2.45, 2.75) is 20.3 Å². The molecule has 3 aromatic rings. The van der Waals surface area contributed by atoms with E-state index in [0.29, 0.717) is 17.9 Å². The van der Waals surface area contributed by atoms with Crippen LogP contribution in [-0.4, -0.2) is 18.5 Å². The number of aryl methyl sites for hydroxylation is 1. The Morgan fingerprint density at radius 3 is 2.21 bits per heavy atom. The number of benzene rings is 3. The van der Waals surface area contributed by atoms with Crippen LogP contribution in [0.5, 0.6) is 0 Å². The number of amides is 1. The molecule has 4 heteroatoms. The molecule has 0 saturated carbocycles. The maximum absolute atomic E-state index is 12.4. The van der Waals surface area contributed by atoms with E-state index in [2.05, 4.69) is 17.4 Å². The number of hydrogen-bond donors (Lipinski definition) is 1. The Kier molecular flexibility index (Phi) is 6.22. The van der Waals surface area contributed by atoms with E-state index in [1.807, 2.05) is 49.4 Å². The SMILES string of the molecule is CCOC(=O)c1ccc(NC(=O)Cc2ccc(-c3ccccc3)cc2)c(C)c1. The largest absolute Gasteiger partial charge is 0.462 e. The maximum atomic E-state index is 12.4. The minimum absolute atomic E-state index is 0.0977. The van der Waals surface area contributed by atoms with Gasteiger partial charge in [-0.2, -0.15) is 0 Å². The van der Waals surface area contributed by atoms with Gasteiger partial charge in [0.2, 0.25) is 5.91 Å². The Labute approximate surface area is 165 Å². The summed E-state index contributed by atoms with van der Waals surface area (Å²) in [6.45, 7) is 3.96. The smallest absolute Gasteiger partial charge is 0.338 e. The van der Waals surface area contributed by atoms with Crippen LogP contribution in [0.4, 0.5) is 5.69 Å². The van der Waals surface area contributed by atoms with E-state index >= 15 is 0 Å². The third kappa shape index (κ3) is 4.86. The second-order valence-corrected chi connectivity index (χ2v) is 6.54. The van der Waals surface area contributed by atoms with Crippen molar-refractivity contribution in [3.63, 3.8) is 0 Å². The molecule has 28 heavy (non-hydrogen) atoms. The Bertz CT molecular complexity index is 963. The molecular weight excluding hydrogens is 350 g/mol. The molecule has 0 bridgehead atoms. The lowest BCUT2D eigenvalue weighted by Gasteiger charge is -2.10. The van der Waals surface area contributed by atoms with Crippen LogP contribution < -0.4 is 5.32 Å². The summed E-state index contributed by atoms with van der Waals surface area (Å²) in [5, 5.41) is 2.91. The molecule has 4 nitrogen and oxygen atoms in total. The third-order valence-corrected chi connectivity index (χ3v) is 4.44. The molecule has 0 aromatic heterocycles. The first-order valence-electron chi connectivity index (χ1n) is 9.29. The molecule has 0 heterocycles. The Balaban J connectivity index is 1.63. The van der Waals surface area contributed by atoms with Gasteiger partial charge in [0.05, 0.1) is 18.6 Å². The number of anilines is 1. The summed E-state index contributed by atoms with van der Waals surface area (Å²) in [7, 11) is 0. The van der Waals surface area contributed by atoms with Crippen molar-refractivity contribution < 1.29 is 14.3 Å². The molecule has 3 rings (SSSR count). The van der Waals surface area contributed by atoms with E-state index in [-0.39, 0.29) is 18.3 Å². The van der Waals surface area contributed by atoms with Gasteiger partial charge in [0, 0.05) is 5.69 Å². The molecule has 0 unspecified atom stereocenters. The van der Waals surface area contributed by atoms with Crippen molar-refractivity contribution in [2.75, 3.05) is 11.9 Å². The number of ether oxygens (including phenoxy) is 1. The molecule has 0 spiro atoms. The van der Waals surface area contributed by atoms with Crippen LogP contribution in [0.25, 0.3) is 11.1 Å². The molecule has 0 radical (unpaired) electrons. The minimum Gasteiger partial charge on any atom is -0.462 e. The summed E-state index contributed by atoms with van der Waals surface area (Å²) in [5.74, 6) is -0.457. The molecule has 0 aliphatic heterocycles. The second kappa shape index (κ2) is 9.00. The number of rotatable bonds is 6. The number of esters is 1. The van der Waals surface area contributed by atoms with Gasteiger partial charge in [-0.15, -0.1) is 0 Å². The molecular formula is C24H23NO3. The molecule has 0 atom stereocenters. The maximum Gasteiger partial charge on any atom is 0.338 e. The highest BCUT2D eigenvalue weighted by Gasteiger charge is 2.11. The average Bonchev–Trinajstić information content (AvgIpc) is 2.71. The highest BCUT2D eigenvalue weighted by Crippen LogP contribution is 2.20. The lowest BCUT2D eigenvalue weighted by atomic mass is 10.0. The Morgan fingerprint density at radius 2 is 1.57 bits per heavy atom. The van der Waals surface area contributed by atoms with Gasteiger partial charge in [-0.05, 0) is 54.3 Å². The predicted octanol–water partition coefficient (Wildman–Crippen LogP) is 5.02. The van der Waals surface area contributed by atoms with Gasteiger partial charge in [0.1, 0.15) is 0 Å². The predicted molar refractivity (Wildman–Crippen MR) is 111 cm³/mol. The molecule has 0 aliphatic carbocycles. The molecule has 0 fully saturated rings. The number of hydrogen-bond acceptors (Lipinski definition) is 3. The van der Waals surface area contributed by atoms with E-state index in [1.165, 1.54) is 0 Å². The lowest BCUT2D eigenvalue weighted by molar-refractivity contribution is -0.115. The summed E-state index contributed by atoms with van der Waals surface area (Å²) in [5.41, 5.74) is 5.20. The standard InChI is InChI=1S/C24H23NO3/c1-3-28-24(27)21-13-14-22(17(2)15-21)25-23(26)16-18-9-11-20(12-10-18)19-7-5-4-6-8-19/h4-15H,3,16H2,1-2H3,(H,25,26). The lowest BCUT2D eigenvalue weighted by Crippen LogP contribution is -2.15. The van der Waals surface area contributed by atoms with Gasteiger partial charge in [-0.25, -0.2) is 4.79 Å². The monoisotopic (exact) mass is 373 g/mol. The van der Waals surface area contributed by atoms with Gasteiger partial charge < -0.3 is 10.1 Å². The van der Waals surface area contributed by atoms with Gasteiger partial charge in [-0.3, -0.25) is 4.79 Å². The minimum atomic E-state index is -0.359. The van der Waals surface area contributed by atoms with Crippen LogP contribution in [-0.2, 0) is 16.0 Å². The zero-order valence-electron chi connectivity index (χ0n) is 16.1. The molecule has 0 saturated heterocycles. The Morgan fingerprint density at radius 1 is 0.893 bits per heavy atom.